The summed E-state index contributed by atoms with van der Waals surface area (Å²) in [5, 5.41) is 19.8. The maximum Gasteiger partial charge on any atom is 0.138 e. The summed E-state index contributed by atoms with van der Waals surface area (Å²) in [7, 11) is 0. The Bertz CT molecular complexity index is 1210. The van der Waals surface area contributed by atoms with E-state index >= 15 is 0 Å². The lowest BCUT2D eigenvalue weighted by Crippen LogP contribution is -2.44. The zero-order valence-electron chi connectivity index (χ0n) is 17.8. The molecule has 0 unspecified atom stereocenters. The molecule has 2 aromatic heterocycles. The summed E-state index contributed by atoms with van der Waals surface area (Å²) >= 11 is 0. The molecule has 33 heavy (non-hydrogen) atoms. The molecule has 0 aliphatic heterocycles. The van der Waals surface area contributed by atoms with Crippen LogP contribution in [0.2, 0.25) is 0 Å². The molecule has 0 saturated heterocycles. The molecule has 4 rings (SSSR count). The predicted molar refractivity (Wildman–Crippen MR) is 112 cm³/mol. The van der Waals surface area contributed by atoms with Crippen molar-refractivity contribution in [3.05, 3.63) is 102 Å². The van der Waals surface area contributed by atoms with Gasteiger partial charge in [-0.25, -0.2) is 22.8 Å². The van der Waals surface area contributed by atoms with Gasteiger partial charge < -0.3 is 9.84 Å². The first-order valence-electron chi connectivity index (χ1n) is 10.2. The van der Waals surface area contributed by atoms with Crippen molar-refractivity contribution in [1.29, 1.82) is 0 Å². The van der Waals surface area contributed by atoms with Crippen molar-refractivity contribution < 1.29 is 23.0 Å². The fraction of sp³-hybridized carbons (Fsp3) is 0.261. The quantitative estimate of drug-likeness (QED) is 0.417. The molecule has 7 nitrogen and oxygen atoms in total. The van der Waals surface area contributed by atoms with Crippen LogP contribution < -0.4 is 0 Å². The lowest BCUT2D eigenvalue weighted by Gasteiger charge is -2.34. The second kappa shape index (κ2) is 9.55. The molecule has 0 fully saturated rings. The Morgan fingerprint density at radius 1 is 1.06 bits per heavy atom. The van der Waals surface area contributed by atoms with E-state index < -0.39 is 23.3 Å². The number of ether oxygens (including phenoxy) is 1. The first kappa shape index (κ1) is 22.7. The van der Waals surface area contributed by atoms with Gasteiger partial charge in [0.15, 0.2) is 0 Å². The average molecular weight is 457 g/mol. The van der Waals surface area contributed by atoms with Gasteiger partial charge in [0, 0.05) is 23.4 Å². The highest BCUT2D eigenvalue weighted by Gasteiger charge is 2.40. The topological polar surface area (TPSA) is 78.0 Å². The number of benzene rings is 2. The van der Waals surface area contributed by atoms with Crippen LogP contribution in [0.15, 0.2) is 67.4 Å². The summed E-state index contributed by atoms with van der Waals surface area (Å²) in [5.74, 6) is -1.98. The minimum absolute atomic E-state index is 0.00786. The molecule has 0 aliphatic rings. The normalized spacial score (nSPS) is 14.2. The molecule has 0 amide bonds. The number of hydrogen-bond donors (Lipinski definition) is 1. The molecule has 0 bridgehead atoms. The van der Waals surface area contributed by atoms with Crippen molar-refractivity contribution in [3.8, 4) is 0 Å². The summed E-state index contributed by atoms with van der Waals surface area (Å²) in [6, 6.07) is 11.1. The Kier molecular flexibility index (Phi) is 6.57. The molecule has 2 aromatic carbocycles. The van der Waals surface area contributed by atoms with Gasteiger partial charge in [-0.3, -0.25) is 4.68 Å². The van der Waals surface area contributed by atoms with Crippen molar-refractivity contribution in [1.82, 2.24) is 24.5 Å². The summed E-state index contributed by atoms with van der Waals surface area (Å²) in [6.07, 6.45) is 3.42. The van der Waals surface area contributed by atoms with E-state index in [0.717, 1.165) is 6.07 Å². The summed E-state index contributed by atoms with van der Waals surface area (Å²) in [5.41, 5.74) is -0.963. The monoisotopic (exact) mass is 457 g/mol. The van der Waals surface area contributed by atoms with Crippen molar-refractivity contribution in [2.75, 3.05) is 0 Å². The van der Waals surface area contributed by atoms with E-state index in [2.05, 4.69) is 15.2 Å². The minimum Gasteiger partial charge on any atom is -0.380 e. The second-order valence-corrected chi connectivity index (χ2v) is 7.69. The summed E-state index contributed by atoms with van der Waals surface area (Å²) < 4.78 is 50.7. The fourth-order valence-electron chi connectivity index (χ4n) is 3.55. The maximum absolute atomic E-state index is 14.6. The number of aromatic nitrogens is 5. The van der Waals surface area contributed by atoms with E-state index in [1.54, 1.807) is 42.1 Å². The molecule has 0 spiro atoms. The van der Waals surface area contributed by atoms with Gasteiger partial charge in [-0.2, -0.15) is 10.2 Å². The molecule has 0 radical (unpaired) electrons. The molecule has 10 heteroatoms. The van der Waals surface area contributed by atoms with Crippen LogP contribution in [0, 0.1) is 17.5 Å². The third kappa shape index (κ3) is 5.12. The van der Waals surface area contributed by atoms with Crippen molar-refractivity contribution in [2.24, 2.45) is 0 Å². The Morgan fingerprint density at radius 3 is 2.61 bits per heavy atom. The van der Waals surface area contributed by atoms with Gasteiger partial charge in [0.2, 0.25) is 0 Å². The lowest BCUT2D eigenvalue weighted by molar-refractivity contribution is -0.124. The van der Waals surface area contributed by atoms with Crippen LogP contribution in [0.4, 0.5) is 13.2 Å². The van der Waals surface area contributed by atoms with Crippen LogP contribution >= 0.6 is 0 Å². The summed E-state index contributed by atoms with van der Waals surface area (Å²) in [4.78, 5) is 3.84. The Hall–Kier alpha value is -3.50. The van der Waals surface area contributed by atoms with E-state index in [9.17, 15) is 18.3 Å². The van der Waals surface area contributed by atoms with Gasteiger partial charge in [0.05, 0.1) is 31.5 Å². The van der Waals surface area contributed by atoms with Crippen LogP contribution in [0.1, 0.15) is 23.7 Å². The van der Waals surface area contributed by atoms with Crippen LogP contribution in [0.25, 0.3) is 0 Å². The van der Waals surface area contributed by atoms with Crippen molar-refractivity contribution in [3.63, 3.8) is 0 Å². The SMILES string of the molecule is C[C@@H](OCc1ccn(Cc2ccccc2F)n1)[C@](O)(Cn1cncn1)c1ccc(F)cc1F. The molecular weight excluding hydrogens is 435 g/mol. The Labute approximate surface area is 188 Å². The molecule has 1 N–H and O–H groups in total. The molecule has 0 aliphatic carbocycles. The Balaban J connectivity index is 1.50. The van der Waals surface area contributed by atoms with E-state index in [-0.39, 0.29) is 31.1 Å². The van der Waals surface area contributed by atoms with Gasteiger partial charge >= 0.3 is 0 Å². The molecule has 172 valence electrons. The highest BCUT2D eigenvalue weighted by atomic mass is 19.1. The first-order chi connectivity index (χ1) is 15.8. The number of rotatable bonds is 9. The van der Waals surface area contributed by atoms with Gasteiger partial charge in [-0.05, 0) is 25.1 Å². The smallest absolute Gasteiger partial charge is 0.138 e. The maximum atomic E-state index is 14.6. The zero-order valence-corrected chi connectivity index (χ0v) is 17.8. The third-order valence-corrected chi connectivity index (χ3v) is 5.41. The molecular formula is C23H22F3N5O2. The number of aliphatic hydroxyl groups is 1. The van der Waals surface area contributed by atoms with E-state index in [1.165, 1.54) is 29.5 Å². The van der Waals surface area contributed by atoms with Gasteiger partial charge in [-0.1, -0.05) is 24.3 Å². The van der Waals surface area contributed by atoms with Crippen LogP contribution in [-0.4, -0.2) is 35.8 Å². The van der Waals surface area contributed by atoms with Crippen molar-refractivity contribution >= 4 is 0 Å². The second-order valence-electron chi connectivity index (χ2n) is 7.69. The van der Waals surface area contributed by atoms with Gasteiger partial charge in [-0.15, -0.1) is 0 Å². The van der Waals surface area contributed by atoms with Crippen LogP contribution in [0.3, 0.4) is 0 Å². The average Bonchev–Trinajstić information content (AvgIpc) is 3.45. The number of hydrogen-bond acceptors (Lipinski definition) is 5. The third-order valence-electron chi connectivity index (χ3n) is 5.41. The van der Waals surface area contributed by atoms with Crippen LogP contribution in [-0.2, 0) is 30.0 Å². The molecule has 4 aromatic rings. The summed E-state index contributed by atoms with van der Waals surface area (Å²) in [6.45, 7) is 1.67. The highest BCUT2D eigenvalue weighted by Crippen LogP contribution is 2.32. The molecule has 0 saturated carbocycles. The van der Waals surface area contributed by atoms with Gasteiger partial charge in [0.25, 0.3) is 0 Å². The lowest BCUT2D eigenvalue weighted by atomic mass is 9.88. The van der Waals surface area contributed by atoms with Crippen molar-refractivity contribution in [2.45, 2.75) is 38.3 Å². The zero-order chi connectivity index (χ0) is 23.4. The minimum atomic E-state index is -1.87. The van der Waals surface area contributed by atoms with E-state index in [4.69, 9.17) is 4.74 Å². The standard InChI is InChI=1S/C23H22F3N5O2/c1-16(33-12-19-8-9-30(29-19)11-17-4-2-3-5-21(17)25)23(32,13-31-15-27-14-28-31)20-7-6-18(24)10-22(20)26/h2-10,14-16,32H,11-13H2,1H3/t16-,23-/m1/s1. The molecule has 2 atom stereocenters. The fourth-order valence-corrected chi connectivity index (χ4v) is 3.55. The largest absolute Gasteiger partial charge is 0.380 e. The Morgan fingerprint density at radius 2 is 1.88 bits per heavy atom. The number of nitrogens with zero attached hydrogens (tertiary/aromatic N) is 5. The first-order valence-corrected chi connectivity index (χ1v) is 10.2. The number of halogens is 3. The highest BCUT2D eigenvalue weighted by molar-refractivity contribution is 5.26. The van der Waals surface area contributed by atoms with E-state index in [1.807, 2.05) is 0 Å². The van der Waals surface area contributed by atoms with Crippen LogP contribution in [0.5, 0.6) is 0 Å². The van der Waals surface area contributed by atoms with Gasteiger partial charge in [0.1, 0.15) is 35.7 Å². The molecule has 2 heterocycles. The van der Waals surface area contributed by atoms with E-state index in [0.29, 0.717) is 17.3 Å². The predicted octanol–water partition coefficient (Wildman–Crippen LogP) is 3.43.